The van der Waals surface area contributed by atoms with Crippen molar-refractivity contribution in [3.8, 4) is 0 Å². The van der Waals surface area contributed by atoms with Crippen LogP contribution in [0.1, 0.15) is 24.0 Å². The third-order valence-corrected chi connectivity index (χ3v) is 5.02. The molecule has 22 heavy (non-hydrogen) atoms. The summed E-state index contributed by atoms with van der Waals surface area (Å²) in [4.78, 5) is 24.8. The molecule has 1 unspecified atom stereocenters. The normalized spacial score (nSPS) is 13.5. The van der Waals surface area contributed by atoms with Crippen LogP contribution in [0.2, 0.25) is 0 Å². The summed E-state index contributed by atoms with van der Waals surface area (Å²) >= 11 is 0. The van der Waals surface area contributed by atoms with Crippen LogP contribution in [0.4, 0.5) is 0 Å². The molecule has 0 spiro atoms. The minimum atomic E-state index is -3.57. The predicted molar refractivity (Wildman–Crippen MR) is 84.4 cm³/mol. The van der Waals surface area contributed by atoms with E-state index < -0.39 is 13.3 Å². The third kappa shape index (κ3) is 4.79. The number of aromatic nitrogens is 1. The summed E-state index contributed by atoms with van der Waals surface area (Å²) in [7, 11) is -3.57. The fourth-order valence-corrected chi connectivity index (χ4v) is 3.65. The van der Waals surface area contributed by atoms with Crippen molar-refractivity contribution in [3.05, 3.63) is 59.8 Å². The Labute approximate surface area is 129 Å². The Kier molecular flexibility index (Phi) is 5.47. The van der Waals surface area contributed by atoms with E-state index >= 15 is 0 Å². The second-order valence-corrected chi connectivity index (χ2v) is 7.29. The first-order chi connectivity index (χ1) is 10.5. The standard InChI is InChI=1S/C16H18NO4P/c18-16(19)8-4-7-13-9-10-17-15(11-13)22(20,21)12-14-5-2-1-3-6-14/h1-3,5-6,9-11H,4,7-8,12H2,(H,18,19)(H,20,21). The number of hydrogen-bond acceptors (Lipinski definition) is 3. The lowest BCUT2D eigenvalue weighted by atomic mass is 10.1. The quantitative estimate of drug-likeness (QED) is 0.766. The highest BCUT2D eigenvalue weighted by molar-refractivity contribution is 7.65. The van der Waals surface area contributed by atoms with Gasteiger partial charge in [0.1, 0.15) is 5.44 Å². The summed E-state index contributed by atoms with van der Waals surface area (Å²) in [6, 6.07) is 12.5. The second-order valence-electron chi connectivity index (χ2n) is 5.11. The zero-order valence-electron chi connectivity index (χ0n) is 12.1. The highest BCUT2D eigenvalue weighted by Crippen LogP contribution is 2.42. The molecule has 1 atom stereocenters. The Morgan fingerprint density at radius 1 is 1.14 bits per heavy atom. The topological polar surface area (TPSA) is 87.5 Å². The van der Waals surface area contributed by atoms with Gasteiger partial charge in [-0.15, -0.1) is 0 Å². The van der Waals surface area contributed by atoms with Gasteiger partial charge in [0.15, 0.2) is 0 Å². The Morgan fingerprint density at radius 2 is 1.86 bits per heavy atom. The fourth-order valence-electron chi connectivity index (χ4n) is 2.16. The van der Waals surface area contributed by atoms with Gasteiger partial charge in [-0.1, -0.05) is 30.3 Å². The average molecular weight is 319 g/mol. The third-order valence-electron chi connectivity index (χ3n) is 3.26. The number of aryl methyl sites for hydroxylation is 1. The summed E-state index contributed by atoms with van der Waals surface area (Å²) in [5.41, 5.74) is 1.78. The van der Waals surface area contributed by atoms with Gasteiger partial charge in [-0.25, -0.2) is 0 Å². The molecule has 6 heteroatoms. The molecule has 0 saturated heterocycles. The van der Waals surface area contributed by atoms with Crippen molar-refractivity contribution in [1.82, 2.24) is 4.98 Å². The molecule has 0 fully saturated rings. The molecule has 0 amide bonds. The summed E-state index contributed by atoms with van der Waals surface area (Å²) in [5, 5.41) is 8.64. The van der Waals surface area contributed by atoms with Crippen molar-refractivity contribution in [1.29, 1.82) is 0 Å². The number of rotatable bonds is 7. The molecule has 116 valence electrons. The van der Waals surface area contributed by atoms with Crippen LogP contribution in [0.25, 0.3) is 0 Å². The molecule has 1 heterocycles. The summed E-state index contributed by atoms with van der Waals surface area (Å²) in [6.07, 6.45) is 2.66. The number of carboxylic acids is 1. The molecule has 0 bridgehead atoms. The van der Waals surface area contributed by atoms with Crippen molar-refractivity contribution < 1.29 is 19.4 Å². The van der Waals surface area contributed by atoms with E-state index in [1.165, 1.54) is 6.20 Å². The van der Waals surface area contributed by atoms with Crippen LogP contribution in [-0.2, 0) is 21.9 Å². The molecule has 0 aliphatic heterocycles. The van der Waals surface area contributed by atoms with Gasteiger partial charge >= 0.3 is 5.97 Å². The second kappa shape index (κ2) is 7.34. The monoisotopic (exact) mass is 319 g/mol. The SMILES string of the molecule is O=C(O)CCCc1ccnc(P(=O)(O)Cc2ccccc2)c1. The van der Waals surface area contributed by atoms with Gasteiger partial charge in [0.25, 0.3) is 7.37 Å². The van der Waals surface area contributed by atoms with Crippen LogP contribution < -0.4 is 5.44 Å². The lowest BCUT2D eigenvalue weighted by Gasteiger charge is -2.12. The van der Waals surface area contributed by atoms with Crippen molar-refractivity contribution in [2.45, 2.75) is 25.4 Å². The van der Waals surface area contributed by atoms with Gasteiger partial charge in [-0.3, -0.25) is 14.3 Å². The minimum absolute atomic E-state index is 0.0411. The maximum absolute atomic E-state index is 12.5. The molecule has 1 aromatic heterocycles. The van der Waals surface area contributed by atoms with Gasteiger partial charge in [0, 0.05) is 12.6 Å². The van der Waals surface area contributed by atoms with Gasteiger partial charge in [0.2, 0.25) is 0 Å². The molecule has 0 aliphatic carbocycles. The lowest BCUT2D eigenvalue weighted by Crippen LogP contribution is -2.12. The number of aliphatic carboxylic acids is 1. The molecule has 5 nitrogen and oxygen atoms in total. The first-order valence-corrected chi connectivity index (χ1v) is 8.85. The number of hydrogen-bond donors (Lipinski definition) is 2. The molecule has 2 N–H and O–H groups in total. The minimum Gasteiger partial charge on any atom is -0.481 e. The Bertz CT molecular complexity index is 688. The highest BCUT2D eigenvalue weighted by atomic mass is 31.2. The summed E-state index contributed by atoms with van der Waals surface area (Å²) < 4.78 is 12.5. The zero-order valence-corrected chi connectivity index (χ0v) is 12.9. The molecule has 0 saturated carbocycles. The maximum Gasteiger partial charge on any atom is 0.303 e. The van der Waals surface area contributed by atoms with Crippen LogP contribution in [-0.4, -0.2) is 21.0 Å². The molecule has 0 aliphatic rings. The number of carboxylic acid groups (broad SMARTS) is 1. The summed E-state index contributed by atoms with van der Waals surface area (Å²) in [6.45, 7) is 0. The van der Waals surface area contributed by atoms with E-state index in [9.17, 15) is 14.3 Å². The molecular formula is C16H18NO4P. The first kappa shape index (κ1) is 16.4. The lowest BCUT2D eigenvalue weighted by molar-refractivity contribution is -0.137. The summed E-state index contributed by atoms with van der Waals surface area (Å²) in [5.74, 6) is -0.841. The van der Waals surface area contributed by atoms with E-state index in [1.54, 1.807) is 24.3 Å². The Balaban J connectivity index is 2.10. The van der Waals surface area contributed by atoms with Crippen molar-refractivity contribution in [3.63, 3.8) is 0 Å². The van der Waals surface area contributed by atoms with Gasteiger partial charge in [-0.05, 0) is 36.1 Å². The average Bonchev–Trinajstić information content (AvgIpc) is 2.48. The number of benzene rings is 1. The van der Waals surface area contributed by atoms with Gasteiger partial charge in [-0.2, -0.15) is 0 Å². The van der Waals surface area contributed by atoms with Gasteiger partial charge < -0.3 is 10.00 Å². The van der Waals surface area contributed by atoms with Crippen molar-refractivity contribution in [2.75, 3.05) is 0 Å². The van der Waals surface area contributed by atoms with E-state index in [1.807, 2.05) is 18.2 Å². The first-order valence-electron chi connectivity index (χ1n) is 7.00. The highest BCUT2D eigenvalue weighted by Gasteiger charge is 2.23. The van der Waals surface area contributed by atoms with E-state index in [0.29, 0.717) is 12.8 Å². The fraction of sp³-hybridized carbons (Fsp3) is 0.250. The number of nitrogens with zero attached hydrogens (tertiary/aromatic N) is 1. The Hall–Kier alpha value is -1.97. The van der Waals surface area contributed by atoms with Crippen LogP contribution in [0.15, 0.2) is 48.7 Å². The molecule has 0 radical (unpaired) electrons. The Morgan fingerprint density at radius 3 is 2.55 bits per heavy atom. The predicted octanol–water partition coefficient (Wildman–Crippen LogP) is 2.58. The molecule has 1 aromatic carbocycles. The van der Waals surface area contributed by atoms with Crippen LogP contribution >= 0.6 is 7.37 Å². The maximum atomic E-state index is 12.5. The largest absolute Gasteiger partial charge is 0.481 e. The number of pyridine rings is 1. The van der Waals surface area contributed by atoms with Crippen molar-refractivity contribution in [2.24, 2.45) is 0 Å². The molecule has 2 aromatic rings. The van der Waals surface area contributed by atoms with E-state index in [4.69, 9.17) is 5.11 Å². The van der Waals surface area contributed by atoms with Crippen LogP contribution in [0.5, 0.6) is 0 Å². The molecular weight excluding hydrogens is 301 g/mol. The van der Waals surface area contributed by atoms with E-state index in [2.05, 4.69) is 4.98 Å². The van der Waals surface area contributed by atoms with Gasteiger partial charge in [0.05, 0.1) is 6.16 Å². The van der Waals surface area contributed by atoms with Crippen molar-refractivity contribution >= 4 is 18.8 Å². The van der Waals surface area contributed by atoms with E-state index in [-0.39, 0.29) is 18.0 Å². The molecule has 2 rings (SSSR count). The van der Waals surface area contributed by atoms with Crippen LogP contribution in [0, 0.1) is 0 Å². The van der Waals surface area contributed by atoms with Crippen LogP contribution in [0.3, 0.4) is 0 Å². The number of carbonyl (C=O) groups is 1. The smallest absolute Gasteiger partial charge is 0.303 e. The van der Waals surface area contributed by atoms with E-state index in [0.717, 1.165) is 11.1 Å². The zero-order chi connectivity index (χ0) is 16.0.